The van der Waals surface area contributed by atoms with E-state index in [1.807, 2.05) is 42.5 Å². The standard InChI is InChI=1S/C23H19FN2O2S/c1-15-7-12-19(13-20(15)24)26-21(27)14-29-23(26)17-8-10-18(11-9-17)25-22(28)16-5-3-2-4-6-16/h2-13,23H,14H2,1H3,(H,25,28)/t23-/m1/s1. The summed E-state index contributed by atoms with van der Waals surface area (Å²) in [4.78, 5) is 26.4. The molecule has 1 aliphatic rings. The number of rotatable bonds is 4. The second-order valence-corrected chi connectivity index (χ2v) is 7.87. The first-order valence-electron chi connectivity index (χ1n) is 9.19. The fourth-order valence-electron chi connectivity index (χ4n) is 3.21. The van der Waals surface area contributed by atoms with Crippen LogP contribution in [-0.2, 0) is 4.79 Å². The van der Waals surface area contributed by atoms with E-state index >= 15 is 0 Å². The third-order valence-electron chi connectivity index (χ3n) is 4.79. The maximum atomic E-state index is 14.0. The molecular weight excluding hydrogens is 387 g/mol. The maximum absolute atomic E-state index is 14.0. The van der Waals surface area contributed by atoms with Crippen molar-refractivity contribution in [3.05, 3.63) is 95.3 Å². The lowest BCUT2D eigenvalue weighted by atomic mass is 10.1. The molecule has 1 N–H and O–H groups in total. The number of anilines is 2. The summed E-state index contributed by atoms with van der Waals surface area (Å²) in [6.45, 7) is 1.69. The van der Waals surface area contributed by atoms with Gasteiger partial charge in [0, 0.05) is 16.9 Å². The Labute approximate surface area is 172 Å². The molecule has 0 spiro atoms. The van der Waals surface area contributed by atoms with E-state index in [-0.39, 0.29) is 23.0 Å². The van der Waals surface area contributed by atoms with Crippen LogP contribution in [0.2, 0.25) is 0 Å². The van der Waals surface area contributed by atoms with Crippen LogP contribution in [0.3, 0.4) is 0 Å². The Hall–Kier alpha value is -3.12. The Kier molecular flexibility index (Phi) is 5.36. The Balaban J connectivity index is 1.54. The van der Waals surface area contributed by atoms with E-state index in [4.69, 9.17) is 0 Å². The third-order valence-corrected chi connectivity index (χ3v) is 6.00. The lowest BCUT2D eigenvalue weighted by Crippen LogP contribution is -2.28. The van der Waals surface area contributed by atoms with Gasteiger partial charge in [0.25, 0.3) is 5.91 Å². The molecule has 0 bridgehead atoms. The number of nitrogens with one attached hydrogen (secondary N) is 1. The van der Waals surface area contributed by atoms with Crippen molar-refractivity contribution in [2.24, 2.45) is 0 Å². The number of benzene rings is 3. The average molecular weight is 406 g/mol. The van der Waals surface area contributed by atoms with E-state index in [0.717, 1.165) is 5.56 Å². The van der Waals surface area contributed by atoms with Crippen molar-refractivity contribution >= 4 is 35.0 Å². The van der Waals surface area contributed by atoms with Crippen LogP contribution in [0.15, 0.2) is 72.8 Å². The smallest absolute Gasteiger partial charge is 0.255 e. The first-order chi connectivity index (χ1) is 14.0. The molecule has 1 atom stereocenters. The summed E-state index contributed by atoms with van der Waals surface area (Å²) in [5, 5.41) is 2.63. The number of nitrogens with zero attached hydrogens (tertiary/aromatic N) is 1. The summed E-state index contributed by atoms with van der Waals surface area (Å²) in [5.41, 5.74) is 3.27. The molecule has 4 rings (SSSR count). The fourth-order valence-corrected chi connectivity index (χ4v) is 4.38. The monoisotopic (exact) mass is 406 g/mol. The molecule has 0 saturated carbocycles. The molecule has 1 fully saturated rings. The Morgan fingerprint density at radius 1 is 1.07 bits per heavy atom. The van der Waals surface area contributed by atoms with Crippen LogP contribution in [0.25, 0.3) is 0 Å². The van der Waals surface area contributed by atoms with E-state index in [2.05, 4.69) is 5.32 Å². The van der Waals surface area contributed by atoms with Crippen LogP contribution in [0.4, 0.5) is 15.8 Å². The summed E-state index contributed by atoms with van der Waals surface area (Å²) in [6.07, 6.45) is 0. The second-order valence-electron chi connectivity index (χ2n) is 6.80. The van der Waals surface area contributed by atoms with Gasteiger partial charge in [0.2, 0.25) is 5.91 Å². The van der Waals surface area contributed by atoms with Gasteiger partial charge in [-0.3, -0.25) is 14.5 Å². The molecule has 2 amide bonds. The molecule has 1 saturated heterocycles. The van der Waals surface area contributed by atoms with Crippen molar-refractivity contribution in [1.29, 1.82) is 0 Å². The minimum Gasteiger partial charge on any atom is -0.322 e. The van der Waals surface area contributed by atoms with Crippen LogP contribution in [0.1, 0.15) is 26.9 Å². The first-order valence-corrected chi connectivity index (χ1v) is 10.2. The number of hydrogen-bond donors (Lipinski definition) is 1. The van der Waals surface area contributed by atoms with E-state index in [0.29, 0.717) is 28.3 Å². The molecule has 0 unspecified atom stereocenters. The number of carbonyl (C=O) groups is 2. The highest BCUT2D eigenvalue weighted by Gasteiger charge is 2.34. The molecule has 29 heavy (non-hydrogen) atoms. The molecule has 0 aliphatic carbocycles. The lowest BCUT2D eigenvalue weighted by molar-refractivity contribution is -0.115. The van der Waals surface area contributed by atoms with E-state index in [9.17, 15) is 14.0 Å². The summed E-state index contributed by atoms with van der Waals surface area (Å²) in [6, 6.07) is 21.2. The predicted octanol–water partition coefficient (Wildman–Crippen LogP) is 5.17. The molecule has 3 aromatic carbocycles. The average Bonchev–Trinajstić information content (AvgIpc) is 3.12. The molecule has 1 heterocycles. The van der Waals surface area contributed by atoms with Crippen molar-refractivity contribution in [3.63, 3.8) is 0 Å². The number of hydrogen-bond acceptors (Lipinski definition) is 3. The topological polar surface area (TPSA) is 49.4 Å². The number of thioether (sulfide) groups is 1. The van der Waals surface area contributed by atoms with Gasteiger partial charge in [0.1, 0.15) is 11.2 Å². The molecule has 3 aromatic rings. The summed E-state index contributed by atoms with van der Waals surface area (Å²) < 4.78 is 14.0. The number of halogens is 1. The van der Waals surface area contributed by atoms with Gasteiger partial charge in [0.15, 0.2) is 0 Å². The molecule has 4 nitrogen and oxygen atoms in total. The van der Waals surface area contributed by atoms with Crippen LogP contribution >= 0.6 is 11.8 Å². The second kappa shape index (κ2) is 8.09. The van der Waals surface area contributed by atoms with Crippen LogP contribution in [0, 0.1) is 12.7 Å². The van der Waals surface area contributed by atoms with Gasteiger partial charge in [-0.1, -0.05) is 36.4 Å². The van der Waals surface area contributed by atoms with Crippen molar-refractivity contribution in [3.8, 4) is 0 Å². The Morgan fingerprint density at radius 3 is 2.48 bits per heavy atom. The highest BCUT2D eigenvalue weighted by atomic mass is 32.2. The highest BCUT2D eigenvalue weighted by molar-refractivity contribution is 8.00. The normalized spacial score (nSPS) is 16.1. The lowest BCUT2D eigenvalue weighted by Gasteiger charge is -2.25. The van der Waals surface area contributed by atoms with Crippen LogP contribution in [-0.4, -0.2) is 17.6 Å². The Morgan fingerprint density at radius 2 is 1.79 bits per heavy atom. The van der Waals surface area contributed by atoms with Gasteiger partial charge in [-0.15, -0.1) is 11.8 Å². The summed E-state index contributed by atoms with van der Waals surface area (Å²) in [7, 11) is 0. The van der Waals surface area contributed by atoms with Gasteiger partial charge in [-0.05, 0) is 54.4 Å². The van der Waals surface area contributed by atoms with E-state index in [1.165, 1.54) is 17.8 Å². The van der Waals surface area contributed by atoms with Crippen LogP contribution < -0.4 is 10.2 Å². The molecular formula is C23H19FN2O2S. The van der Waals surface area contributed by atoms with Crippen molar-refractivity contribution in [1.82, 2.24) is 0 Å². The summed E-state index contributed by atoms with van der Waals surface area (Å²) in [5.74, 6) is -0.220. The van der Waals surface area contributed by atoms with Crippen molar-refractivity contribution in [2.75, 3.05) is 16.0 Å². The zero-order valence-electron chi connectivity index (χ0n) is 15.8. The van der Waals surface area contributed by atoms with E-state index < -0.39 is 0 Å². The van der Waals surface area contributed by atoms with Gasteiger partial charge < -0.3 is 5.32 Å². The minimum atomic E-state index is -0.329. The molecule has 0 aromatic heterocycles. The van der Waals surface area contributed by atoms with Gasteiger partial charge in [0.05, 0.1) is 5.75 Å². The predicted molar refractivity (Wildman–Crippen MR) is 115 cm³/mol. The number of carbonyl (C=O) groups excluding carboxylic acids is 2. The number of aryl methyl sites for hydroxylation is 1. The minimum absolute atomic E-state index is 0.0512. The maximum Gasteiger partial charge on any atom is 0.255 e. The van der Waals surface area contributed by atoms with Gasteiger partial charge >= 0.3 is 0 Å². The molecule has 1 aliphatic heterocycles. The quantitative estimate of drug-likeness (QED) is 0.651. The van der Waals surface area contributed by atoms with E-state index in [1.54, 1.807) is 36.1 Å². The fraction of sp³-hybridized carbons (Fsp3) is 0.130. The third kappa shape index (κ3) is 4.03. The van der Waals surface area contributed by atoms with Crippen molar-refractivity contribution < 1.29 is 14.0 Å². The van der Waals surface area contributed by atoms with Gasteiger partial charge in [-0.2, -0.15) is 0 Å². The first kappa shape index (κ1) is 19.2. The summed E-state index contributed by atoms with van der Waals surface area (Å²) >= 11 is 1.50. The van der Waals surface area contributed by atoms with Crippen LogP contribution in [0.5, 0.6) is 0 Å². The van der Waals surface area contributed by atoms with Crippen molar-refractivity contribution in [2.45, 2.75) is 12.3 Å². The SMILES string of the molecule is Cc1ccc(N2C(=O)CS[C@@H]2c2ccc(NC(=O)c3ccccc3)cc2)cc1F. The van der Waals surface area contributed by atoms with Gasteiger partial charge in [-0.25, -0.2) is 4.39 Å². The zero-order valence-corrected chi connectivity index (χ0v) is 16.6. The Bertz CT molecular complexity index is 1050. The molecule has 6 heteroatoms. The molecule has 146 valence electrons. The highest BCUT2D eigenvalue weighted by Crippen LogP contribution is 2.42. The number of amides is 2. The zero-order chi connectivity index (χ0) is 20.4. The largest absolute Gasteiger partial charge is 0.322 e. The molecule has 0 radical (unpaired) electrons.